The molecule has 1 saturated heterocycles. The van der Waals surface area contributed by atoms with Gasteiger partial charge < -0.3 is 21.3 Å². The first-order valence-corrected chi connectivity index (χ1v) is 14.2. The van der Waals surface area contributed by atoms with Gasteiger partial charge in [0.25, 0.3) is 11.8 Å². The minimum atomic E-state index is -1.20. The van der Waals surface area contributed by atoms with E-state index >= 15 is 0 Å². The Labute approximate surface area is 233 Å². The molecule has 2 fully saturated rings. The second-order valence-electron chi connectivity index (χ2n) is 11.1. The lowest BCUT2D eigenvalue weighted by molar-refractivity contribution is -0.141. The Hall–Kier alpha value is -3.89. The van der Waals surface area contributed by atoms with Gasteiger partial charge in [-0.3, -0.25) is 29.0 Å². The third-order valence-corrected chi connectivity index (χ3v) is 7.49. The lowest BCUT2D eigenvalue weighted by Crippen LogP contribution is -2.55. The predicted octanol–water partition coefficient (Wildman–Crippen LogP) is 1.80. The highest BCUT2D eigenvalue weighted by Gasteiger charge is 2.36. The molecular weight excluding hydrogens is 512 g/mol. The van der Waals surface area contributed by atoms with Crippen molar-refractivity contribution >= 4 is 40.4 Å². The molecule has 4 N–H and O–H groups in total. The maximum absolute atomic E-state index is 13.5. The van der Waals surface area contributed by atoms with Crippen LogP contribution in [0.1, 0.15) is 75.7 Å². The van der Waals surface area contributed by atoms with E-state index in [0.29, 0.717) is 24.0 Å². The standard InChI is InChI=1S/C29H38N6O5/c1-17(2)14-23(35-28(39)24-16-31-20-10-6-7-11-21(20)33-24)27(38)34-22(15-18-12-13-30-26(18)37)25(36)29(40)32-19-8-4-3-5-9-19/h6-7,10-11,16-19,22-23H,3-5,8-9,12-15H2,1-2H3,(H,30,37)(H,32,40)(H,34,38)(H,35,39)/t18-,22-,23-/m0/s1. The molecule has 0 bridgehead atoms. The number of aromatic nitrogens is 2. The first-order chi connectivity index (χ1) is 19.2. The van der Waals surface area contributed by atoms with Crippen molar-refractivity contribution < 1.29 is 24.0 Å². The van der Waals surface area contributed by atoms with Crippen LogP contribution in [-0.4, -0.2) is 64.1 Å². The van der Waals surface area contributed by atoms with Gasteiger partial charge in [-0.25, -0.2) is 4.98 Å². The molecule has 4 rings (SSSR count). The number of nitrogens with one attached hydrogen (secondary N) is 4. The van der Waals surface area contributed by atoms with Gasteiger partial charge >= 0.3 is 0 Å². The molecule has 11 nitrogen and oxygen atoms in total. The second-order valence-corrected chi connectivity index (χ2v) is 11.1. The number of para-hydroxylation sites is 2. The number of ketones is 1. The van der Waals surface area contributed by atoms with E-state index in [4.69, 9.17) is 0 Å². The number of carbonyl (C=O) groups is 5. The van der Waals surface area contributed by atoms with Crippen LogP contribution in [0.15, 0.2) is 30.5 Å². The Balaban J connectivity index is 1.48. The van der Waals surface area contributed by atoms with Crippen LogP contribution in [0.25, 0.3) is 11.0 Å². The average Bonchev–Trinajstić information content (AvgIpc) is 3.35. The Kier molecular flexibility index (Phi) is 9.79. The van der Waals surface area contributed by atoms with Gasteiger partial charge in [0, 0.05) is 18.5 Å². The summed E-state index contributed by atoms with van der Waals surface area (Å²) in [7, 11) is 0. The van der Waals surface area contributed by atoms with Crippen LogP contribution < -0.4 is 21.3 Å². The molecular formula is C29H38N6O5. The number of carbonyl (C=O) groups excluding carboxylic acids is 5. The Bertz CT molecular complexity index is 1260. The zero-order chi connectivity index (χ0) is 28.6. The third kappa shape index (κ3) is 7.61. The predicted molar refractivity (Wildman–Crippen MR) is 148 cm³/mol. The molecule has 40 heavy (non-hydrogen) atoms. The van der Waals surface area contributed by atoms with Gasteiger partial charge in [0.2, 0.25) is 17.6 Å². The minimum Gasteiger partial charge on any atom is -0.356 e. The fourth-order valence-electron chi connectivity index (χ4n) is 5.32. The highest BCUT2D eigenvalue weighted by Crippen LogP contribution is 2.20. The summed E-state index contributed by atoms with van der Waals surface area (Å²) in [6.45, 7) is 4.29. The highest BCUT2D eigenvalue weighted by atomic mass is 16.2. The van der Waals surface area contributed by atoms with Gasteiger partial charge in [-0.1, -0.05) is 45.2 Å². The fraction of sp³-hybridized carbons (Fsp3) is 0.552. The van der Waals surface area contributed by atoms with E-state index in [9.17, 15) is 24.0 Å². The summed E-state index contributed by atoms with van der Waals surface area (Å²) >= 11 is 0. The summed E-state index contributed by atoms with van der Waals surface area (Å²) in [4.78, 5) is 73.7. The Morgan fingerprint density at radius 1 is 0.975 bits per heavy atom. The molecule has 1 aliphatic carbocycles. The molecule has 11 heteroatoms. The first-order valence-electron chi connectivity index (χ1n) is 14.2. The van der Waals surface area contributed by atoms with Crippen molar-refractivity contribution in [1.29, 1.82) is 0 Å². The lowest BCUT2D eigenvalue weighted by Gasteiger charge is -2.26. The van der Waals surface area contributed by atoms with Gasteiger partial charge in [-0.05, 0) is 50.2 Å². The minimum absolute atomic E-state index is 0.00693. The van der Waals surface area contributed by atoms with Crippen molar-refractivity contribution in [2.24, 2.45) is 11.8 Å². The summed E-state index contributed by atoms with van der Waals surface area (Å²) in [6.07, 6.45) is 6.84. The van der Waals surface area contributed by atoms with Gasteiger partial charge in [0.1, 0.15) is 11.7 Å². The molecule has 2 aliphatic rings. The number of rotatable bonds is 11. The van der Waals surface area contributed by atoms with Crippen molar-refractivity contribution in [1.82, 2.24) is 31.2 Å². The van der Waals surface area contributed by atoms with E-state index in [1.54, 1.807) is 18.2 Å². The van der Waals surface area contributed by atoms with Crippen LogP contribution in [0.2, 0.25) is 0 Å². The van der Waals surface area contributed by atoms with Gasteiger partial charge in [-0.2, -0.15) is 0 Å². The molecule has 0 unspecified atom stereocenters. The van der Waals surface area contributed by atoms with E-state index in [1.807, 2.05) is 19.9 Å². The van der Waals surface area contributed by atoms with Crippen LogP contribution in [-0.2, 0) is 19.2 Å². The Morgan fingerprint density at radius 3 is 2.38 bits per heavy atom. The molecule has 2 aromatic rings. The van der Waals surface area contributed by atoms with Crippen molar-refractivity contribution in [3.63, 3.8) is 0 Å². The second kappa shape index (κ2) is 13.5. The summed E-state index contributed by atoms with van der Waals surface area (Å²) in [5.74, 6) is -3.39. The number of hydrogen-bond acceptors (Lipinski definition) is 7. The van der Waals surface area contributed by atoms with Gasteiger partial charge in [-0.15, -0.1) is 0 Å². The monoisotopic (exact) mass is 550 g/mol. The molecule has 0 spiro atoms. The maximum atomic E-state index is 13.5. The van der Waals surface area contributed by atoms with Gasteiger partial charge in [0.15, 0.2) is 0 Å². The summed E-state index contributed by atoms with van der Waals surface area (Å²) in [6, 6.07) is 4.87. The van der Waals surface area contributed by atoms with E-state index in [-0.39, 0.29) is 36.4 Å². The van der Waals surface area contributed by atoms with Crippen LogP contribution >= 0.6 is 0 Å². The molecule has 1 aliphatic heterocycles. The normalized spacial score (nSPS) is 19.1. The third-order valence-electron chi connectivity index (χ3n) is 7.49. The first kappa shape index (κ1) is 29.1. The number of nitrogens with zero attached hydrogens (tertiary/aromatic N) is 2. The average molecular weight is 551 g/mol. The fourth-order valence-corrected chi connectivity index (χ4v) is 5.32. The molecule has 1 saturated carbocycles. The van der Waals surface area contributed by atoms with E-state index in [2.05, 4.69) is 31.2 Å². The number of benzene rings is 1. The SMILES string of the molecule is CC(C)C[C@H](NC(=O)c1cnc2ccccc2n1)C(=O)N[C@@H](C[C@@H]1CCNC1=O)C(=O)C(=O)NC1CCCCC1. The number of Topliss-reactive ketones (excluding diaryl/α,β-unsaturated/α-hetero) is 1. The maximum Gasteiger partial charge on any atom is 0.289 e. The van der Waals surface area contributed by atoms with Crippen molar-refractivity contribution in [2.45, 2.75) is 83.3 Å². The molecule has 1 aromatic carbocycles. The molecule has 2 heterocycles. The summed E-state index contributed by atoms with van der Waals surface area (Å²) < 4.78 is 0. The van der Waals surface area contributed by atoms with E-state index < -0.39 is 41.5 Å². The van der Waals surface area contributed by atoms with Crippen molar-refractivity contribution in [2.75, 3.05) is 6.54 Å². The highest BCUT2D eigenvalue weighted by molar-refractivity contribution is 6.38. The smallest absolute Gasteiger partial charge is 0.289 e. The van der Waals surface area contributed by atoms with E-state index in [1.165, 1.54) is 6.20 Å². The van der Waals surface area contributed by atoms with E-state index in [0.717, 1.165) is 32.1 Å². The van der Waals surface area contributed by atoms with Crippen LogP contribution in [0.4, 0.5) is 0 Å². The molecule has 214 valence electrons. The number of fused-ring (bicyclic) bond motifs is 1. The van der Waals surface area contributed by atoms with Crippen molar-refractivity contribution in [3.05, 3.63) is 36.2 Å². The van der Waals surface area contributed by atoms with Gasteiger partial charge in [0.05, 0.1) is 23.3 Å². The summed E-state index contributed by atoms with van der Waals surface area (Å²) in [5, 5.41) is 11.0. The van der Waals surface area contributed by atoms with Crippen LogP contribution in [0, 0.1) is 11.8 Å². The number of hydrogen-bond donors (Lipinski definition) is 4. The zero-order valence-corrected chi connectivity index (χ0v) is 23.1. The van der Waals surface area contributed by atoms with Crippen LogP contribution in [0.3, 0.4) is 0 Å². The van der Waals surface area contributed by atoms with Crippen LogP contribution in [0.5, 0.6) is 0 Å². The molecule has 3 atom stereocenters. The van der Waals surface area contributed by atoms with Crippen molar-refractivity contribution in [3.8, 4) is 0 Å². The molecule has 4 amide bonds. The summed E-state index contributed by atoms with van der Waals surface area (Å²) in [5.41, 5.74) is 1.24. The largest absolute Gasteiger partial charge is 0.356 e. The zero-order valence-electron chi connectivity index (χ0n) is 23.1. The number of amides is 4. The molecule has 0 radical (unpaired) electrons. The Morgan fingerprint density at radius 2 is 1.70 bits per heavy atom. The topological polar surface area (TPSA) is 159 Å². The molecule has 1 aromatic heterocycles. The quantitative estimate of drug-likeness (QED) is 0.311. The lowest BCUT2D eigenvalue weighted by atomic mass is 9.93.